The lowest BCUT2D eigenvalue weighted by atomic mass is 9.93. The summed E-state index contributed by atoms with van der Waals surface area (Å²) in [5, 5.41) is 123. The van der Waals surface area contributed by atoms with Crippen LogP contribution in [0.2, 0.25) is 0 Å². The molecule has 0 heterocycles. The fraction of sp³-hybridized carbons (Fsp3) is 0.938. The van der Waals surface area contributed by atoms with Crippen LogP contribution in [0, 0.1) is 0 Å². The Morgan fingerprint density at radius 1 is 0.581 bits per heavy atom. The van der Waals surface area contributed by atoms with E-state index in [1.807, 2.05) is 0 Å². The summed E-state index contributed by atoms with van der Waals surface area (Å²) in [6, 6.07) is 0. The first-order valence-corrected chi connectivity index (χ1v) is 9.13. The summed E-state index contributed by atoms with van der Waals surface area (Å²) in [6.45, 7) is -0.929. The van der Waals surface area contributed by atoms with Crippen LogP contribution in [0.25, 0.3) is 0 Å². The van der Waals surface area contributed by atoms with E-state index in [2.05, 4.69) is 4.74 Å². The van der Waals surface area contributed by atoms with Crippen molar-refractivity contribution in [2.24, 2.45) is 0 Å². The molecule has 0 saturated carbocycles. The van der Waals surface area contributed by atoms with Crippen molar-refractivity contribution in [2.45, 2.75) is 80.2 Å². The summed E-state index contributed by atoms with van der Waals surface area (Å²) in [4.78, 5) is 11.9. The summed E-state index contributed by atoms with van der Waals surface area (Å²) >= 11 is 0. The van der Waals surface area contributed by atoms with Gasteiger partial charge in [-0.15, -0.1) is 0 Å². The highest BCUT2D eigenvalue weighted by Crippen LogP contribution is 2.16. The van der Waals surface area contributed by atoms with Crippen LogP contribution in [0.5, 0.6) is 0 Å². The van der Waals surface area contributed by atoms with Crippen LogP contribution in [0.3, 0.4) is 0 Å². The average Bonchev–Trinajstić information content (AvgIpc) is 2.77. The number of carbonyl (C=O) groups excluding carboxylic acids is 1. The minimum atomic E-state index is -2.57. The molecule has 0 amide bonds. The van der Waals surface area contributed by atoms with Crippen molar-refractivity contribution in [2.75, 3.05) is 13.2 Å². The first-order valence-electron chi connectivity index (χ1n) is 9.13. The van der Waals surface area contributed by atoms with E-state index in [0.717, 1.165) is 6.92 Å². The van der Waals surface area contributed by atoms with Crippen LogP contribution >= 0.6 is 0 Å². The van der Waals surface area contributed by atoms with Crippen molar-refractivity contribution in [3.8, 4) is 0 Å². The van der Waals surface area contributed by atoms with E-state index in [9.17, 15) is 61.0 Å². The van der Waals surface area contributed by atoms with Gasteiger partial charge in [-0.2, -0.15) is 0 Å². The van der Waals surface area contributed by atoms with E-state index >= 15 is 0 Å². The number of aliphatic hydroxyl groups excluding tert-OH is 13. The molecule has 0 aliphatic rings. The number of carbonyl (C=O) groups is 1. The summed E-state index contributed by atoms with van der Waals surface area (Å²) in [5.74, 6) is -1.67. The zero-order valence-electron chi connectivity index (χ0n) is 16.5. The lowest BCUT2D eigenvalue weighted by molar-refractivity contribution is -0.195. The van der Waals surface area contributed by atoms with E-state index in [-0.39, 0.29) is 0 Å². The van der Waals surface area contributed by atoms with E-state index in [4.69, 9.17) is 10.2 Å². The Hall–Kier alpha value is -1.05. The quantitative estimate of drug-likeness (QED) is 0.106. The molecule has 13 N–H and O–H groups in total. The molecule has 186 valence electrons. The van der Waals surface area contributed by atoms with Crippen LogP contribution in [0.1, 0.15) is 6.92 Å². The maximum atomic E-state index is 11.9. The Bertz CT molecular complexity index is 521. The van der Waals surface area contributed by atoms with Gasteiger partial charge in [-0.1, -0.05) is 0 Å². The molecule has 0 aliphatic heterocycles. The predicted octanol–water partition coefficient (Wildman–Crippen LogP) is -8.13. The molecule has 0 bridgehead atoms. The third kappa shape index (κ3) is 8.10. The van der Waals surface area contributed by atoms with Crippen molar-refractivity contribution < 1.29 is 75.9 Å². The zero-order chi connectivity index (χ0) is 24.6. The maximum Gasteiger partial charge on any atom is 0.338 e. The van der Waals surface area contributed by atoms with Gasteiger partial charge in [0.05, 0.1) is 13.2 Å². The second-order valence-corrected chi connectivity index (χ2v) is 7.01. The summed E-state index contributed by atoms with van der Waals surface area (Å²) in [5.41, 5.74) is 0. The van der Waals surface area contributed by atoms with Gasteiger partial charge in [0.1, 0.15) is 67.1 Å². The normalized spacial score (nSPS) is 23.9. The molecule has 0 aromatic carbocycles. The third-order valence-electron chi connectivity index (χ3n) is 4.61. The topological polar surface area (TPSA) is 289 Å². The molecule has 0 aromatic heterocycles. The van der Waals surface area contributed by atoms with Crippen molar-refractivity contribution in [3.63, 3.8) is 0 Å². The molecule has 0 aromatic rings. The standard InChI is InChI=1S/C16H32O15/c1-4(7(21)8(22)5(19)2-17)31-16(30)15(29)14(28)13(27)12(26)11(25)10(24)9(23)6(20)3-18/h4-15,17-29H,2-3H2,1H3/t4-,5+,6+,7+,8+,9-,10-,11-,12+,13+,14-,15+/m0/s1. The Labute approximate surface area is 176 Å². The van der Waals surface area contributed by atoms with Crippen LogP contribution in [0.4, 0.5) is 0 Å². The van der Waals surface area contributed by atoms with Gasteiger partial charge in [0, 0.05) is 0 Å². The van der Waals surface area contributed by atoms with Crippen molar-refractivity contribution >= 4 is 5.97 Å². The molecule has 15 heteroatoms. The van der Waals surface area contributed by atoms with E-state index in [1.54, 1.807) is 0 Å². The number of hydrogen-bond acceptors (Lipinski definition) is 15. The summed E-state index contributed by atoms with van der Waals surface area (Å²) in [7, 11) is 0. The molecule has 0 spiro atoms. The maximum absolute atomic E-state index is 11.9. The molecule has 0 saturated heterocycles. The summed E-state index contributed by atoms with van der Waals surface area (Å²) in [6.07, 6.45) is -26.2. The van der Waals surface area contributed by atoms with E-state index in [0.29, 0.717) is 0 Å². The fourth-order valence-corrected chi connectivity index (χ4v) is 2.41. The molecular weight excluding hydrogens is 432 g/mol. The summed E-state index contributed by atoms with van der Waals surface area (Å²) < 4.78 is 4.58. The highest BCUT2D eigenvalue weighted by molar-refractivity contribution is 5.75. The molecule has 0 radical (unpaired) electrons. The van der Waals surface area contributed by atoms with Gasteiger partial charge in [-0.25, -0.2) is 4.79 Å². The largest absolute Gasteiger partial charge is 0.458 e. The number of esters is 1. The highest BCUT2D eigenvalue weighted by Gasteiger charge is 2.43. The van der Waals surface area contributed by atoms with Crippen LogP contribution in [0.15, 0.2) is 0 Å². The lowest BCUT2D eigenvalue weighted by Crippen LogP contribution is -2.57. The minimum Gasteiger partial charge on any atom is -0.458 e. The van der Waals surface area contributed by atoms with Gasteiger partial charge < -0.3 is 71.1 Å². The molecule has 0 rings (SSSR count). The van der Waals surface area contributed by atoms with Gasteiger partial charge >= 0.3 is 5.97 Å². The Kier molecular flexibility index (Phi) is 13.0. The Morgan fingerprint density at radius 3 is 1.29 bits per heavy atom. The molecule has 0 unspecified atom stereocenters. The monoisotopic (exact) mass is 464 g/mol. The van der Waals surface area contributed by atoms with Gasteiger partial charge in [0.2, 0.25) is 0 Å². The lowest BCUT2D eigenvalue weighted by Gasteiger charge is -2.33. The van der Waals surface area contributed by atoms with Crippen molar-refractivity contribution in [1.29, 1.82) is 0 Å². The van der Waals surface area contributed by atoms with Crippen LogP contribution in [-0.4, -0.2) is 159 Å². The first-order chi connectivity index (χ1) is 14.2. The van der Waals surface area contributed by atoms with Gasteiger partial charge in [-0.05, 0) is 6.92 Å². The SMILES string of the molecule is C[C@H](OC(=O)[C@H](O)[C@@H](O)[C@H](O)[C@H](O)[C@@H](O)[C@@H](O)[C@@H](O)[C@H](O)CO)[C@@H](O)[C@H](O)[C@H](O)CO. The number of ether oxygens (including phenoxy) is 1. The number of hydrogen-bond donors (Lipinski definition) is 13. The number of rotatable bonds is 14. The van der Waals surface area contributed by atoms with Gasteiger partial charge in [-0.3, -0.25) is 0 Å². The minimum absolute atomic E-state index is 0.928. The number of aliphatic hydroxyl groups is 13. The van der Waals surface area contributed by atoms with Gasteiger partial charge in [0.15, 0.2) is 6.10 Å². The smallest absolute Gasteiger partial charge is 0.338 e. The molecule has 31 heavy (non-hydrogen) atoms. The molecular formula is C16H32O15. The van der Waals surface area contributed by atoms with Crippen LogP contribution in [-0.2, 0) is 9.53 Å². The molecule has 15 nitrogen and oxygen atoms in total. The highest BCUT2D eigenvalue weighted by atomic mass is 16.6. The van der Waals surface area contributed by atoms with Gasteiger partial charge in [0.25, 0.3) is 0 Å². The Morgan fingerprint density at radius 2 is 0.903 bits per heavy atom. The fourth-order valence-electron chi connectivity index (χ4n) is 2.41. The van der Waals surface area contributed by atoms with Crippen LogP contribution < -0.4 is 0 Å². The van der Waals surface area contributed by atoms with Crippen molar-refractivity contribution in [1.82, 2.24) is 0 Å². The predicted molar refractivity (Wildman–Crippen MR) is 95.8 cm³/mol. The van der Waals surface area contributed by atoms with E-state index < -0.39 is 92.4 Å². The third-order valence-corrected chi connectivity index (χ3v) is 4.61. The van der Waals surface area contributed by atoms with E-state index in [1.165, 1.54) is 0 Å². The second-order valence-electron chi connectivity index (χ2n) is 7.01. The van der Waals surface area contributed by atoms with Crippen molar-refractivity contribution in [3.05, 3.63) is 0 Å². The zero-order valence-corrected chi connectivity index (χ0v) is 16.5. The molecule has 0 aliphatic carbocycles. The first kappa shape index (κ1) is 29.9. The average molecular weight is 464 g/mol. The second kappa shape index (κ2) is 13.5. The molecule has 12 atom stereocenters. The molecule has 0 fully saturated rings. The Balaban J connectivity index is 5.03.